The highest BCUT2D eigenvalue weighted by Crippen LogP contribution is 2.00. The van der Waals surface area contributed by atoms with Crippen LogP contribution in [-0.2, 0) is 0 Å². The van der Waals surface area contributed by atoms with Crippen LogP contribution in [0.15, 0.2) is 27.7 Å². The third kappa shape index (κ3) is 0.630. The van der Waals surface area contributed by atoms with Crippen LogP contribution < -0.4 is 10.6 Å². The molecule has 1 heterocycles. The molecule has 0 spiro atoms. The van der Waals surface area contributed by atoms with E-state index < -0.39 is 0 Å². The van der Waals surface area contributed by atoms with Crippen LogP contribution in [0.25, 0.3) is 6.20 Å². The van der Waals surface area contributed by atoms with E-state index in [1.165, 1.54) is 5.22 Å². The summed E-state index contributed by atoms with van der Waals surface area (Å²) in [5.74, 6) is 0. The number of rotatable bonds is 0. The van der Waals surface area contributed by atoms with Gasteiger partial charge >= 0.3 is 0 Å². The Hall–Kier alpha value is -0.630. The standard InChI is InChI=1S/C7H4BrN/c8-6-2-1-3-7-5(6)4-9-7/h1-4H. The Kier molecular flexibility index (Phi) is 0.963. The predicted octanol–water partition coefficient (Wildman–Crippen LogP) is 0.820. The molecule has 0 saturated carbocycles. The third-order valence-electron chi connectivity index (χ3n) is 1.36. The van der Waals surface area contributed by atoms with Gasteiger partial charge in [-0.3, -0.25) is 4.99 Å². The van der Waals surface area contributed by atoms with Crippen LogP contribution in [0.4, 0.5) is 0 Å². The highest BCUT2D eigenvalue weighted by Gasteiger charge is 1.96. The fourth-order valence-corrected chi connectivity index (χ4v) is 1.29. The van der Waals surface area contributed by atoms with E-state index in [1.54, 1.807) is 0 Å². The molecule has 0 aromatic heterocycles. The van der Waals surface area contributed by atoms with Crippen LogP contribution in [0.5, 0.6) is 0 Å². The van der Waals surface area contributed by atoms with Crippen molar-refractivity contribution in [2.45, 2.75) is 0 Å². The maximum absolute atomic E-state index is 4.04. The van der Waals surface area contributed by atoms with Crippen LogP contribution in [0, 0.1) is 0 Å². The Bertz CT molecular complexity index is 354. The van der Waals surface area contributed by atoms with Gasteiger partial charge in [-0.25, -0.2) is 0 Å². The quantitative estimate of drug-likeness (QED) is 0.563. The van der Waals surface area contributed by atoms with Gasteiger partial charge in [-0.2, -0.15) is 0 Å². The Morgan fingerprint density at radius 2 is 2.22 bits per heavy atom. The number of hydrogen-bond acceptors (Lipinski definition) is 1. The van der Waals surface area contributed by atoms with Gasteiger partial charge in [0.2, 0.25) is 0 Å². The van der Waals surface area contributed by atoms with Crippen molar-refractivity contribution >= 4 is 22.1 Å². The number of fused-ring (bicyclic) bond motifs is 1. The zero-order chi connectivity index (χ0) is 6.27. The zero-order valence-electron chi connectivity index (χ0n) is 4.63. The van der Waals surface area contributed by atoms with E-state index in [9.17, 15) is 0 Å². The van der Waals surface area contributed by atoms with Gasteiger partial charge < -0.3 is 0 Å². The Labute approximate surface area is 60.9 Å². The topological polar surface area (TPSA) is 12.4 Å². The first kappa shape index (κ1) is 5.18. The maximum atomic E-state index is 4.04. The molecule has 0 radical (unpaired) electrons. The first-order chi connectivity index (χ1) is 4.38. The molecular formula is C7H4BrN. The van der Waals surface area contributed by atoms with E-state index in [0.29, 0.717) is 0 Å². The Balaban J connectivity index is 2.97. The summed E-state index contributed by atoms with van der Waals surface area (Å²) in [5, 5.41) is 2.31. The zero-order valence-corrected chi connectivity index (χ0v) is 6.22. The van der Waals surface area contributed by atoms with E-state index >= 15 is 0 Å². The molecule has 1 aromatic carbocycles. The second-order valence-corrected chi connectivity index (χ2v) is 2.79. The monoisotopic (exact) mass is 181 g/mol. The summed E-state index contributed by atoms with van der Waals surface area (Å²) in [6.45, 7) is 0. The van der Waals surface area contributed by atoms with E-state index in [2.05, 4.69) is 20.9 Å². The molecule has 1 nitrogen and oxygen atoms in total. The van der Waals surface area contributed by atoms with E-state index in [-0.39, 0.29) is 0 Å². The van der Waals surface area contributed by atoms with Crippen molar-refractivity contribution in [3.8, 4) is 0 Å². The predicted molar refractivity (Wildman–Crippen MR) is 39.4 cm³/mol. The Morgan fingerprint density at radius 3 is 2.67 bits per heavy atom. The smallest absolute Gasteiger partial charge is 0.0729 e. The summed E-state index contributed by atoms with van der Waals surface area (Å²) in [6.07, 6.45) is 1.86. The van der Waals surface area contributed by atoms with E-state index in [4.69, 9.17) is 0 Å². The molecule has 2 rings (SSSR count). The second kappa shape index (κ2) is 1.67. The highest BCUT2D eigenvalue weighted by atomic mass is 79.9. The van der Waals surface area contributed by atoms with Gasteiger partial charge in [0.05, 0.1) is 5.36 Å². The van der Waals surface area contributed by atoms with Gasteiger partial charge in [-0.15, -0.1) is 0 Å². The molecule has 1 aliphatic rings. The van der Waals surface area contributed by atoms with Crippen molar-refractivity contribution in [3.05, 3.63) is 33.2 Å². The average Bonchev–Trinajstić information content (AvgIpc) is 1.74. The minimum Gasteiger partial charge on any atom is -0.255 e. The van der Waals surface area contributed by atoms with E-state index in [1.807, 2.05) is 24.4 Å². The number of nitrogens with zero attached hydrogens (tertiary/aromatic N) is 1. The summed E-state index contributed by atoms with van der Waals surface area (Å²) in [4.78, 5) is 4.04. The molecule has 0 aliphatic carbocycles. The molecule has 0 saturated heterocycles. The molecule has 0 N–H and O–H groups in total. The van der Waals surface area contributed by atoms with Gasteiger partial charge in [-0.1, -0.05) is 22.0 Å². The molecular weight excluding hydrogens is 178 g/mol. The minimum atomic E-state index is 1.09. The number of halogens is 1. The number of benzene rings is 1. The van der Waals surface area contributed by atoms with Gasteiger partial charge in [0, 0.05) is 15.9 Å². The van der Waals surface area contributed by atoms with Gasteiger partial charge in [0.15, 0.2) is 0 Å². The molecule has 0 bridgehead atoms. The average molecular weight is 182 g/mol. The fourth-order valence-electron chi connectivity index (χ4n) is 0.834. The number of hydrogen-bond donors (Lipinski definition) is 0. The summed E-state index contributed by atoms with van der Waals surface area (Å²) in [5.41, 5.74) is 0. The van der Waals surface area contributed by atoms with Gasteiger partial charge in [0.25, 0.3) is 0 Å². The molecule has 2 heteroatoms. The van der Waals surface area contributed by atoms with Gasteiger partial charge in [-0.05, 0) is 12.1 Å². The lowest BCUT2D eigenvalue weighted by Crippen LogP contribution is -2.31. The molecule has 9 heavy (non-hydrogen) atoms. The van der Waals surface area contributed by atoms with Crippen LogP contribution in [-0.4, -0.2) is 0 Å². The van der Waals surface area contributed by atoms with Gasteiger partial charge in [0.1, 0.15) is 0 Å². The Morgan fingerprint density at radius 1 is 1.33 bits per heavy atom. The van der Waals surface area contributed by atoms with Crippen molar-refractivity contribution in [2.75, 3.05) is 0 Å². The van der Waals surface area contributed by atoms with E-state index in [0.717, 1.165) is 9.83 Å². The molecule has 1 aliphatic heterocycles. The summed E-state index contributed by atoms with van der Waals surface area (Å²) < 4.78 is 1.13. The van der Waals surface area contributed by atoms with Crippen molar-refractivity contribution in [1.29, 1.82) is 0 Å². The molecule has 1 aromatic rings. The molecule has 0 fully saturated rings. The van der Waals surface area contributed by atoms with Crippen molar-refractivity contribution in [2.24, 2.45) is 4.99 Å². The lowest BCUT2D eigenvalue weighted by molar-refractivity contribution is 1.25. The minimum absolute atomic E-state index is 1.09. The highest BCUT2D eigenvalue weighted by molar-refractivity contribution is 9.10. The summed E-state index contributed by atoms with van der Waals surface area (Å²) >= 11 is 3.41. The normalized spacial score (nSPS) is 12.6. The molecule has 0 atom stereocenters. The molecule has 0 unspecified atom stereocenters. The largest absolute Gasteiger partial charge is 0.255 e. The first-order valence-electron chi connectivity index (χ1n) is 2.70. The van der Waals surface area contributed by atoms with Crippen LogP contribution >= 0.6 is 15.9 Å². The second-order valence-electron chi connectivity index (χ2n) is 1.93. The third-order valence-corrected chi connectivity index (χ3v) is 2.05. The summed E-state index contributed by atoms with van der Waals surface area (Å²) in [6, 6.07) is 6.00. The van der Waals surface area contributed by atoms with Crippen molar-refractivity contribution in [3.63, 3.8) is 0 Å². The molecule has 0 amide bonds. The first-order valence-corrected chi connectivity index (χ1v) is 3.50. The van der Waals surface area contributed by atoms with Crippen LogP contribution in [0.2, 0.25) is 0 Å². The van der Waals surface area contributed by atoms with Crippen LogP contribution in [0.3, 0.4) is 0 Å². The van der Waals surface area contributed by atoms with Crippen LogP contribution in [0.1, 0.15) is 0 Å². The lowest BCUT2D eigenvalue weighted by Gasteiger charge is -1.97. The summed E-state index contributed by atoms with van der Waals surface area (Å²) in [7, 11) is 0. The molecule has 44 valence electrons. The maximum Gasteiger partial charge on any atom is 0.0729 e. The fraction of sp³-hybridized carbons (Fsp3) is 0. The van der Waals surface area contributed by atoms with Crippen molar-refractivity contribution < 1.29 is 0 Å². The van der Waals surface area contributed by atoms with Crippen molar-refractivity contribution in [1.82, 2.24) is 0 Å². The SMILES string of the molecule is Brc1cccc2c1=CN=2. The lowest BCUT2D eigenvalue weighted by atomic mass is 10.2.